The Morgan fingerprint density at radius 1 is 0.545 bits per heavy atom. The van der Waals surface area contributed by atoms with E-state index in [1.165, 1.54) is 0 Å². The molecule has 0 rings (SSSR count). The molecule has 0 aromatic carbocycles. The second kappa shape index (κ2) is 33.4. The minimum absolute atomic E-state index is 0. The van der Waals surface area contributed by atoms with Crippen molar-refractivity contribution in [2.75, 3.05) is 0 Å². The third kappa shape index (κ3) is 41.9. The van der Waals surface area contributed by atoms with Crippen LogP contribution in [0.3, 0.4) is 0 Å². The van der Waals surface area contributed by atoms with E-state index in [9.17, 15) is 39.6 Å². The molecular weight excluding hydrogens is 556 g/mol. The molecule has 0 fully saturated rings. The van der Waals surface area contributed by atoms with Crippen LogP contribution in [0.1, 0.15) is 119 Å². The maximum atomic E-state index is 10.3. The summed E-state index contributed by atoms with van der Waals surface area (Å²) in [5.41, 5.74) is 0. The van der Waals surface area contributed by atoms with Gasteiger partial charge in [0.25, 0.3) is 0 Å². The van der Waals surface area contributed by atoms with E-state index in [4.69, 9.17) is 0 Å². The van der Waals surface area contributed by atoms with Crippen LogP contribution >= 0.6 is 0 Å². The largest absolute Gasteiger partial charge is 4.00 e. The third-order valence-electron chi connectivity index (χ3n) is 4.37. The smallest absolute Gasteiger partial charge is 0.550 e. The SMILES string of the molecule is CCCC(=O)[O-].CCCC(=O)[O-].CCCCC(CC)C(=O)[O-].CCCCC(CC)C(=O)[O-].[Ce+4]. The van der Waals surface area contributed by atoms with Gasteiger partial charge in [-0.2, -0.15) is 0 Å². The first kappa shape index (κ1) is 42.4. The average molecular weight is 601 g/mol. The molecule has 0 aliphatic rings. The van der Waals surface area contributed by atoms with Crippen LogP contribution in [0.2, 0.25) is 0 Å². The van der Waals surface area contributed by atoms with E-state index < -0.39 is 23.9 Å². The molecule has 8 nitrogen and oxygen atoms in total. The Bertz CT molecular complexity index is 427. The number of carbonyl (C=O) groups is 4. The number of carboxylic acid groups (broad SMARTS) is 4. The summed E-state index contributed by atoms with van der Waals surface area (Å²) in [6.45, 7) is 11.5. The third-order valence-corrected chi connectivity index (χ3v) is 4.37. The summed E-state index contributed by atoms with van der Waals surface area (Å²) in [4.78, 5) is 39.6. The summed E-state index contributed by atoms with van der Waals surface area (Å²) >= 11 is 0. The maximum Gasteiger partial charge on any atom is 4.00 e. The average Bonchev–Trinajstić information content (AvgIpc) is 2.70. The Balaban J connectivity index is -0.000000108. The van der Waals surface area contributed by atoms with E-state index in [2.05, 4.69) is 13.8 Å². The Morgan fingerprint density at radius 3 is 0.909 bits per heavy atom. The molecule has 192 valence electrons. The molecule has 0 amide bonds. The molecule has 0 spiro atoms. The summed E-state index contributed by atoms with van der Waals surface area (Å²) in [6, 6.07) is 0. The van der Waals surface area contributed by atoms with Gasteiger partial charge in [-0.1, -0.05) is 80.1 Å². The van der Waals surface area contributed by atoms with Crippen molar-refractivity contribution >= 4 is 23.9 Å². The summed E-state index contributed by atoms with van der Waals surface area (Å²) in [5.74, 6) is -4.15. The first-order valence-electron chi connectivity index (χ1n) is 11.8. The number of hydrogen-bond acceptors (Lipinski definition) is 8. The zero-order valence-electron chi connectivity index (χ0n) is 21.4. The van der Waals surface area contributed by atoms with E-state index in [0.717, 1.165) is 38.5 Å². The van der Waals surface area contributed by atoms with E-state index in [1.54, 1.807) is 13.8 Å². The summed E-state index contributed by atoms with van der Waals surface area (Å²) in [5, 5.41) is 39.6. The predicted octanol–water partition coefficient (Wildman–Crippen LogP) is 0.978. The molecule has 0 aromatic rings. The normalized spacial score (nSPS) is 10.8. The molecule has 2 unspecified atom stereocenters. The molecule has 0 aromatic heterocycles. The van der Waals surface area contributed by atoms with Gasteiger partial charge >= 0.3 is 41.7 Å². The van der Waals surface area contributed by atoms with Crippen LogP contribution in [0.15, 0.2) is 0 Å². The molecule has 0 heterocycles. The Morgan fingerprint density at radius 2 is 0.818 bits per heavy atom. The van der Waals surface area contributed by atoms with Crippen molar-refractivity contribution in [3.63, 3.8) is 0 Å². The van der Waals surface area contributed by atoms with Gasteiger partial charge in [-0.05, 0) is 50.4 Å². The van der Waals surface area contributed by atoms with Gasteiger partial charge in [0.05, 0.1) is 0 Å². The Hall–Kier alpha value is -0.743. The van der Waals surface area contributed by atoms with Gasteiger partial charge in [0.2, 0.25) is 0 Å². The van der Waals surface area contributed by atoms with Gasteiger partial charge in [0.1, 0.15) is 0 Å². The molecule has 0 saturated heterocycles. The second-order valence-electron chi connectivity index (χ2n) is 7.38. The fraction of sp³-hybridized carbons (Fsp3) is 0.833. The van der Waals surface area contributed by atoms with E-state index in [1.807, 2.05) is 13.8 Å². The van der Waals surface area contributed by atoms with Crippen LogP contribution in [0.5, 0.6) is 0 Å². The molecule has 2 atom stereocenters. The van der Waals surface area contributed by atoms with Gasteiger partial charge in [0, 0.05) is 23.9 Å². The zero-order chi connectivity index (χ0) is 25.9. The number of unbranched alkanes of at least 4 members (excludes halogenated alkanes) is 2. The predicted molar refractivity (Wildman–Crippen MR) is 116 cm³/mol. The molecule has 0 aliphatic heterocycles. The minimum Gasteiger partial charge on any atom is -0.550 e. The number of aliphatic carboxylic acids is 4. The topological polar surface area (TPSA) is 161 Å². The van der Waals surface area contributed by atoms with Crippen molar-refractivity contribution in [1.29, 1.82) is 0 Å². The van der Waals surface area contributed by atoms with Crippen LogP contribution in [0.25, 0.3) is 0 Å². The summed E-state index contributed by atoms with van der Waals surface area (Å²) < 4.78 is 0. The van der Waals surface area contributed by atoms with Crippen LogP contribution in [-0.2, 0) is 19.2 Å². The minimum atomic E-state index is -0.961. The van der Waals surface area contributed by atoms with E-state index >= 15 is 0 Å². The van der Waals surface area contributed by atoms with Crippen molar-refractivity contribution < 1.29 is 81.4 Å². The van der Waals surface area contributed by atoms with Crippen LogP contribution in [0.4, 0.5) is 0 Å². The van der Waals surface area contributed by atoms with E-state index in [-0.39, 0.29) is 66.4 Å². The quantitative estimate of drug-likeness (QED) is 0.285. The number of carboxylic acids is 4. The maximum absolute atomic E-state index is 10.3. The molecular formula is C24H44CeO8. The summed E-state index contributed by atoms with van der Waals surface area (Å²) in [6.07, 6.45) is 8.74. The Labute approximate surface area is 234 Å². The first-order chi connectivity index (χ1) is 15.0. The number of carbonyl (C=O) groups excluding carboxylic acids is 4. The molecule has 0 N–H and O–H groups in total. The number of hydrogen-bond donors (Lipinski definition) is 0. The summed E-state index contributed by atoms with van der Waals surface area (Å²) in [7, 11) is 0. The molecule has 0 saturated carbocycles. The monoisotopic (exact) mass is 600 g/mol. The second-order valence-corrected chi connectivity index (χ2v) is 7.38. The fourth-order valence-corrected chi connectivity index (χ4v) is 2.29. The van der Waals surface area contributed by atoms with Gasteiger partial charge in [0.15, 0.2) is 0 Å². The molecule has 0 bridgehead atoms. The van der Waals surface area contributed by atoms with Gasteiger partial charge in [-0.15, -0.1) is 0 Å². The molecule has 33 heavy (non-hydrogen) atoms. The van der Waals surface area contributed by atoms with Crippen LogP contribution in [-0.4, -0.2) is 23.9 Å². The van der Waals surface area contributed by atoms with E-state index in [0.29, 0.717) is 25.7 Å². The van der Waals surface area contributed by atoms with Crippen molar-refractivity contribution in [2.24, 2.45) is 11.8 Å². The fourth-order valence-electron chi connectivity index (χ4n) is 2.29. The van der Waals surface area contributed by atoms with Crippen molar-refractivity contribution in [3.8, 4) is 0 Å². The van der Waals surface area contributed by atoms with Gasteiger partial charge in [-0.25, -0.2) is 0 Å². The zero-order valence-corrected chi connectivity index (χ0v) is 24.5. The molecule has 9 heteroatoms. The number of rotatable bonds is 14. The van der Waals surface area contributed by atoms with Crippen molar-refractivity contribution in [2.45, 2.75) is 119 Å². The standard InChI is InChI=1S/2C8H16O2.2C4H8O2.Ce/c2*1-3-5-6-7(4-2)8(9)10;2*1-2-3-4(5)6;/h2*7H,3-6H2,1-2H3,(H,9,10);2*2-3H2,1H3,(H,5,6);/q;;;;+4/p-4. The molecule has 0 aliphatic carbocycles. The van der Waals surface area contributed by atoms with Crippen molar-refractivity contribution in [1.82, 2.24) is 0 Å². The van der Waals surface area contributed by atoms with Crippen LogP contribution < -0.4 is 20.4 Å². The molecule has 0 radical (unpaired) electrons. The van der Waals surface area contributed by atoms with Crippen molar-refractivity contribution in [3.05, 3.63) is 0 Å². The Kier molecular flexibility index (Phi) is 43.0. The van der Waals surface area contributed by atoms with Gasteiger partial charge < -0.3 is 39.6 Å². The van der Waals surface area contributed by atoms with Gasteiger partial charge in [-0.3, -0.25) is 0 Å². The van der Waals surface area contributed by atoms with Crippen LogP contribution in [0, 0.1) is 53.6 Å². The first-order valence-corrected chi connectivity index (χ1v) is 11.8.